The Labute approximate surface area is 98.0 Å². The minimum Gasteiger partial charge on any atom is -0.472 e. The Morgan fingerprint density at radius 3 is 2.94 bits per heavy atom. The normalized spacial score (nSPS) is 10.1. The van der Waals surface area contributed by atoms with Crippen LogP contribution in [0.1, 0.15) is 15.9 Å². The van der Waals surface area contributed by atoms with E-state index in [1.54, 1.807) is 6.07 Å². The highest BCUT2D eigenvalue weighted by atomic mass is 35.5. The number of nitrogens with one attached hydrogen (secondary N) is 1. The smallest absolute Gasteiger partial charge is 0.258 e. The molecule has 0 atom stereocenters. The molecular weight excluding hydrogens is 226 g/mol. The SMILES string of the molecule is O=C(Nc1cccc(CCl)c1)c1ccoc1. The molecule has 16 heavy (non-hydrogen) atoms. The molecule has 1 N–H and O–H groups in total. The summed E-state index contributed by atoms with van der Waals surface area (Å²) in [5.41, 5.74) is 2.19. The second-order valence-electron chi connectivity index (χ2n) is 3.30. The maximum atomic E-state index is 11.7. The highest BCUT2D eigenvalue weighted by Crippen LogP contribution is 2.13. The molecule has 0 unspecified atom stereocenters. The second-order valence-corrected chi connectivity index (χ2v) is 3.57. The number of rotatable bonds is 3. The van der Waals surface area contributed by atoms with Crippen LogP contribution in [-0.2, 0) is 5.88 Å². The topological polar surface area (TPSA) is 42.2 Å². The van der Waals surface area contributed by atoms with Gasteiger partial charge >= 0.3 is 0 Å². The third-order valence-electron chi connectivity index (χ3n) is 2.12. The average Bonchev–Trinajstić information content (AvgIpc) is 2.83. The Kier molecular flexibility index (Phi) is 3.27. The highest BCUT2D eigenvalue weighted by molar-refractivity contribution is 6.17. The standard InChI is InChI=1S/C12H10ClNO2/c13-7-9-2-1-3-11(6-9)14-12(15)10-4-5-16-8-10/h1-6,8H,7H2,(H,14,15). The second kappa shape index (κ2) is 4.86. The van der Waals surface area contributed by atoms with Gasteiger partial charge < -0.3 is 9.73 Å². The fourth-order valence-corrected chi connectivity index (χ4v) is 1.50. The molecule has 0 spiro atoms. The van der Waals surface area contributed by atoms with Crippen molar-refractivity contribution < 1.29 is 9.21 Å². The van der Waals surface area contributed by atoms with Crippen molar-refractivity contribution in [1.29, 1.82) is 0 Å². The molecule has 1 aromatic carbocycles. The fourth-order valence-electron chi connectivity index (χ4n) is 1.33. The van der Waals surface area contributed by atoms with Crippen LogP contribution in [0.4, 0.5) is 5.69 Å². The maximum Gasteiger partial charge on any atom is 0.258 e. The first-order chi connectivity index (χ1) is 7.79. The molecule has 1 aromatic heterocycles. The number of carbonyl (C=O) groups is 1. The van der Waals surface area contributed by atoms with Gasteiger partial charge in [0, 0.05) is 11.6 Å². The van der Waals surface area contributed by atoms with E-state index in [1.165, 1.54) is 12.5 Å². The van der Waals surface area contributed by atoms with Gasteiger partial charge in [-0.2, -0.15) is 0 Å². The summed E-state index contributed by atoms with van der Waals surface area (Å²) in [4.78, 5) is 11.7. The Bertz CT molecular complexity index is 480. The van der Waals surface area contributed by atoms with Gasteiger partial charge in [0.2, 0.25) is 0 Å². The Morgan fingerprint density at radius 2 is 2.25 bits per heavy atom. The van der Waals surface area contributed by atoms with Crippen molar-refractivity contribution in [2.45, 2.75) is 5.88 Å². The predicted octanol–water partition coefficient (Wildman–Crippen LogP) is 3.27. The van der Waals surface area contributed by atoms with Crippen molar-refractivity contribution in [3.63, 3.8) is 0 Å². The van der Waals surface area contributed by atoms with Crippen molar-refractivity contribution in [2.24, 2.45) is 0 Å². The van der Waals surface area contributed by atoms with Crippen LogP contribution in [0.2, 0.25) is 0 Å². The van der Waals surface area contributed by atoms with E-state index in [2.05, 4.69) is 5.32 Å². The van der Waals surface area contributed by atoms with Gasteiger partial charge in [-0.05, 0) is 23.8 Å². The molecular formula is C12H10ClNO2. The molecule has 0 bridgehead atoms. The van der Waals surface area contributed by atoms with E-state index in [9.17, 15) is 4.79 Å². The quantitative estimate of drug-likeness (QED) is 0.830. The van der Waals surface area contributed by atoms with Crippen molar-refractivity contribution in [2.75, 3.05) is 5.32 Å². The maximum absolute atomic E-state index is 11.7. The summed E-state index contributed by atoms with van der Waals surface area (Å²) in [7, 11) is 0. The van der Waals surface area contributed by atoms with Gasteiger partial charge in [0.25, 0.3) is 5.91 Å². The lowest BCUT2D eigenvalue weighted by Crippen LogP contribution is -2.10. The van der Waals surface area contributed by atoms with E-state index in [-0.39, 0.29) is 5.91 Å². The first-order valence-electron chi connectivity index (χ1n) is 4.78. The van der Waals surface area contributed by atoms with E-state index in [0.29, 0.717) is 11.4 Å². The lowest BCUT2D eigenvalue weighted by Gasteiger charge is -2.04. The molecule has 0 aliphatic rings. The molecule has 1 heterocycles. The van der Waals surface area contributed by atoms with Crippen LogP contribution < -0.4 is 5.32 Å². The van der Waals surface area contributed by atoms with E-state index in [1.807, 2.05) is 24.3 Å². The zero-order chi connectivity index (χ0) is 11.4. The summed E-state index contributed by atoms with van der Waals surface area (Å²) in [6.07, 6.45) is 2.87. The van der Waals surface area contributed by atoms with Gasteiger partial charge in [-0.25, -0.2) is 0 Å². The summed E-state index contributed by atoms with van der Waals surface area (Å²) < 4.78 is 4.84. The van der Waals surface area contributed by atoms with Crippen molar-refractivity contribution >= 4 is 23.2 Å². The van der Waals surface area contributed by atoms with Crippen molar-refractivity contribution in [3.05, 3.63) is 54.0 Å². The number of furan rings is 1. The van der Waals surface area contributed by atoms with Gasteiger partial charge in [-0.15, -0.1) is 11.6 Å². The van der Waals surface area contributed by atoms with Crippen LogP contribution in [0, 0.1) is 0 Å². The molecule has 0 fully saturated rings. The Balaban J connectivity index is 2.12. The minimum absolute atomic E-state index is 0.194. The van der Waals surface area contributed by atoms with Gasteiger partial charge in [0.15, 0.2) is 0 Å². The zero-order valence-corrected chi connectivity index (χ0v) is 9.20. The van der Waals surface area contributed by atoms with E-state index < -0.39 is 0 Å². The molecule has 0 aliphatic heterocycles. The number of halogens is 1. The van der Waals surface area contributed by atoms with Gasteiger partial charge in [-0.1, -0.05) is 12.1 Å². The molecule has 3 nitrogen and oxygen atoms in total. The van der Waals surface area contributed by atoms with Crippen LogP contribution in [-0.4, -0.2) is 5.91 Å². The fraction of sp³-hybridized carbons (Fsp3) is 0.0833. The van der Waals surface area contributed by atoms with E-state index >= 15 is 0 Å². The Hall–Kier alpha value is -1.74. The number of hydrogen-bond donors (Lipinski definition) is 1. The molecule has 2 rings (SSSR count). The van der Waals surface area contributed by atoms with Gasteiger partial charge in [0.1, 0.15) is 6.26 Å². The highest BCUT2D eigenvalue weighted by Gasteiger charge is 2.06. The molecule has 0 saturated carbocycles. The van der Waals surface area contributed by atoms with Crippen LogP contribution >= 0.6 is 11.6 Å². The molecule has 4 heteroatoms. The molecule has 1 amide bonds. The van der Waals surface area contributed by atoms with Crippen LogP contribution in [0.5, 0.6) is 0 Å². The molecule has 0 saturated heterocycles. The van der Waals surface area contributed by atoms with Crippen LogP contribution in [0.3, 0.4) is 0 Å². The summed E-state index contributed by atoms with van der Waals surface area (Å²) in [6.45, 7) is 0. The number of amides is 1. The van der Waals surface area contributed by atoms with Crippen LogP contribution in [0.25, 0.3) is 0 Å². The predicted molar refractivity (Wildman–Crippen MR) is 62.7 cm³/mol. The first-order valence-corrected chi connectivity index (χ1v) is 5.31. The molecule has 0 aliphatic carbocycles. The summed E-state index contributed by atoms with van der Waals surface area (Å²) in [6, 6.07) is 9.02. The summed E-state index contributed by atoms with van der Waals surface area (Å²) in [5.74, 6) is 0.232. The molecule has 82 valence electrons. The monoisotopic (exact) mass is 235 g/mol. The minimum atomic E-state index is -0.194. The zero-order valence-electron chi connectivity index (χ0n) is 8.44. The Morgan fingerprint density at radius 1 is 1.38 bits per heavy atom. The number of anilines is 1. The van der Waals surface area contributed by atoms with Crippen LogP contribution in [0.15, 0.2) is 47.3 Å². The average molecular weight is 236 g/mol. The largest absolute Gasteiger partial charge is 0.472 e. The van der Waals surface area contributed by atoms with E-state index in [0.717, 1.165) is 11.3 Å². The number of hydrogen-bond acceptors (Lipinski definition) is 2. The van der Waals surface area contributed by atoms with Crippen molar-refractivity contribution in [3.8, 4) is 0 Å². The lowest BCUT2D eigenvalue weighted by molar-refractivity contribution is 0.102. The summed E-state index contributed by atoms with van der Waals surface area (Å²) >= 11 is 5.71. The lowest BCUT2D eigenvalue weighted by atomic mass is 10.2. The van der Waals surface area contributed by atoms with Crippen molar-refractivity contribution in [1.82, 2.24) is 0 Å². The third-order valence-corrected chi connectivity index (χ3v) is 2.43. The number of benzene rings is 1. The number of carbonyl (C=O) groups excluding carboxylic acids is 1. The summed E-state index contributed by atoms with van der Waals surface area (Å²) in [5, 5.41) is 2.76. The van der Waals surface area contributed by atoms with Gasteiger partial charge in [0.05, 0.1) is 11.8 Å². The molecule has 0 radical (unpaired) electrons. The third kappa shape index (κ3) is 2.44. The van der Waals surface area contributed by atoms with Gasteiger partial charge in [-0.3, -0.25) is 4.79 Å². The van der Waals surface area contributed by atoms with E-state index in [4.69, 9.17) is 16.0 Å². The number of alkyl halides is 1. The first kappa shape index (κ1) is 10.8. The molecule has 2 aromatic rings.